The van der Waals surface area contributed by atoms with E-state index in [0.29, 0.717) is 27.3 Å². The Balaban J connectivity index is 1.76. The van der Waals surface area contributed by atoms with Gasteiger partial charge in [0.1, 0.15) is 16.8 Å². The van der Waals surface area contributed by atoms with E-state index in [1.165, 1.54) is 29.4 Å². The molecule has 140 valence electrons. The molecule has 27 heavy (non-hydrogen) atoms. The lowest BCUT2D eigenvalue weighted by Gasteiger charge is -2.17. The Bertz CT molecular complexity index is 949. The molecule has 2 N–H and O–H groups in total. The Labute approximate surface area is 172 Å². The number of halogens is 1. The zero-order valence-electron chi connectivity index (χ0n) is 14.9. The van der Waals surface area contributed by atoms with Crippen LogP contribution in [0.4, 0.5) is 5.00 Å². The van der Waals surface area contributed by atoms with Gasteiger partial charge in [-0.15, -0.1) is 11.3 Å². The zero-order valence-corrected chi connectivity index (χ0v) is 17.3. The normalized spacial score (nSPS) is 15.4. The van der Waals surface area contributed by atoms with Gasteiger partial charge in [-0.2, -0.15) is 5.26 Å². The second kappa shape index (κ2) is 8.26. The molecule has 2 aromatic rings. The van der Waals surface area contributed by atoms with Crippen LogP contribution in [0.3, 0.4) is 0 Å². The lowest BCUT2D eigenvalue weighted by molar-refractivity contribution is 0.0975. The fourth-order valence-corrected chi connectivity index (χ4v) is 4.92. The van der Waals surface area contributed by atoms with E-state index >= 15 is 0 Å². The number of hydrogen-bond donors (Lipinski definition) is 2. The molecule has 1 aliphatic carbocycles. The third-order valence-corrected chi connectivity index (χ3v) is 6.09. The molecule has 1 unspecified atom stereocenters. The average molecular weight is 420 g/mol. The summed E-state index contributed by atoms with van der Waals surface area (Å²) in [5, 5.41) is 16.4. The van der Waals surface area contributed by atoms with Gasteiger partial charge >= 0.3 is 0 Å². The summed E-state index contributed by atoms with van der Waals surface area (Å²) in [5.41, 5.74) is 2.02. The van der Waals surface area contributed by atoms with Gasteiger partial charge < -0.3 is 10.1 Å². The van der Waals surface area contributed by atoms with E-state index in [2.05, 4.69) is 23.6 Å². The molecule has 0 saturated carbocycles. The van der Waals surface area contributed by atoms with Crippen LogP contribution in [-0.4, -0.2) is 18.1 Å². The average Bonchev–Trinajstić information content (AvgIpc) is 2.97. The van der Waals surface area contributed by atoms with Crippen LogP contribution < -0.4 is 15.4 Å². The first-order chi connectivity index (χ1) is 12.9. The SMILES string of the molecule is COc1ccc(Cl)cc1C(=O)NC(=S)Nc1sc2c(c1C#N)CCC(C)C2. The van der Waals surface area contributed by atoms with Gasteiger partial charge in [0.05, 0.1) is 18.2 Å². The molecule has 1 amide bonds. The maximum atomic E-state index is 12.5. The third-order valence-electron chi connectivity index (χ3n) is 4.48. The number of anilines is 1. The largest absolute Gasteiger partial charge is 0.496 e. The summed E-state index contributed by atoms with van der Waals surface area (Å²) in [6.07, 6.45) is 2.94. The highest BCUT2D eigenvalue weighted by Gasteiger charge is 2.24. The highest BCUT2D eigenvalue weighted by Crippen LogP contribution is 2.39. The first-order valence-corrected chi connectivity index (χ1v) is 10.0. The number of rotatable bonds is 3. The van der Waals surface area contributed by atoms with E-state index in [1.807, 2.05) is 0 Å². The molecule has 1 aromatic carbocycles. The number of nitrogens with zero attached hydrogens (tertiary/aromatic N) is 1. The van der Waals surface area contributed by atoms with Crippen molar-refractivity contribution in [1.29, 1.82) is 5.26 Å². The number of methoxy groups -OCH3 is 1. The van der Waals surface area contributed by atoms with Crippen molar-refractivity contribution in [3.63, 3.8) is 0 Å². The maximum absolute atomic E-state index is 12.5. The number of nitriles is 1. The predicted octanol–water partition coefficient (Wildman–Crippen LogP) is 4.53. The summed E-state index contributed by atoms with van der Waals surface area (Å²) in [6, 6.07) is 7.05. The number of nitrogens with one attached hydrogen (secondary N) is 2. The van der Waals surface area contributed by atoms with Crippen LogP contribution in [0.5, 0.6) is 5.75 Å². The van der Waals surface area contributed by atoms with Crippen molar-refractivity contribution in [3.05, 3.63) is 44.8 Å². The van der Waals surface area contributed by atoms with E-state index in [0.717, 1.165) is 24.8 Å². The summed E-state index contributed by atoms with van der Waals surface area (Å²) < 4.78 is 5.20. The minimum absolute atomic E-state index is 0.130. The Morgan fingerprint density at radius 2 is 2.26 bits per heavy atom. The smallest absolute Gasteiger partial charge is 0.261 e. The summed E-state index contributed by atoms with van der Waals surface area (Å²) in [5.74, 6) is 0.579. The standard InChI is InChI=1S/C19H18ClN3O2S2/c1-10-3-5-12-14(9-21)18(27-16(12)7-10)23-19(26)22-17(24)13-8-11(20)4-6-15(13)25-2/h4,6,8,10H,3,5,7H2,1-2H3,(H2,22,23,24,26). The number of fused-ring (bicyclic) bond motifs is 1. The fraction of sp³-hybridized carbons (Fsp3) is 0.316. The van der Waals surface area contributed by atoms with Gasteiger partial charge in [-0.05, 0) is 61.2 Å². The van der Waals surface area contributed by atoms with Crippen molar-refractivity contribution in [2.24, 2.45) is 5.92 Å². The number of carbonyl (C=O) groups excluding carboxylic acids is 1. The van der Waals surface area contributed by atoms with Crippen LogP contribution in [0.1, 0.15) is 39.7 Å². The van der Waals surface area contributed by atoms with Crippen molar-refractivity contribution in [2.45, 2.75) is 26.2 Å². The van der Waals surface area contributed by atoms with Gasteiger partial charge in [0.25, 0.3) is 5.91 Å². The molecule has 0 saturated heterocycles. The van der Waals surface area contributed by atoms with Crippen LogP contribution in [-0.2, 0) is 12.8 Å². The second-order valence-electron chi connectivity index (χ2n) is 6.42. The quantitative estimate of drug-likeness (QED) is 0.715. The van der Waals surface area contributed by atoms with E-state index in [9.17, 15) is 10.1 Å². The van der Waals surface area contributed by atoms with Crippen molar-refractivity contribution < 1.29 is 9.53 Å². The first kappa shape index (κ1) is 19.6. The zero-order chi connectivity index (χ0) is 19.6. The third kappa shape index (κ3) is 4.24. The summed E-state index contributed by atoms with van der Waals surface area (Å²) in [6.45, 7) is 2.21. The lowest BCUT2D eigenvalue weighted by Crippen LogP contribution is -2.34. The maximum Gasteiger partial charge on any atom is 0.261 e. The van der Waals surface area contributed by atoms with Gasteiger partial charge in [-0.25, -0.2) is 0 Å². The van der Waals surface area contributed by atoms with Gasteiger partial charge in [-0.3, -0.25) is 10.1 Å². The molecule has 0 bridgehead atoms. The predicted molar refractivity (Wildman–Crippen MR) is 112 cm³/mol. The first-order valence-electron chi connectivity index (χ1n) is 8.43. The molecular formula is C19H18ClN3O2S2. The molecular weight excluding hydrogens is 402 g/mol. The molecule has 0 aliphatic heterocycles. The van der Waals surface area contributed by atoms with E-state index < -0.39 is 5.91 Å². The number of thiophene rings is 1. The molecule has 1 heterocycles. The Hall–Kier alpha value is -2.14. The van der Waals surface area contributed by atoms with Gasteiger partial charge in [0.2, 0.25) is 0 Å². The van der Waals surface area contributed by atoms with Crippen molar-refractivity contribution in [3.8, 4) is 11.8 Å². The van der Waals surface area contributed by atoms with Gasteiger partial charge in [-0.1, -0.05) is 18.5 Å². The lowest BCUT2D eigenvalue weighted by atomic mass is 9.89. The van der Waals surface area contributed by atoms with Crippen molar-refractivity contribution in [1.82, 2.24) is 5.32 Å². The Morgan fingerprint density at radius 3 is 2.96 bits per heavy atom. The molecule has 8 heteroatoms. The number of amides is 1. The van der Waals surface area contributed by atoms with Crippen LogP contribution >= 0.6 is 35.2 Å². The second-order valence-corrected chi connectivity index (χ2v) is 8.37. The highest BCUT2D eigenvalue weighted by atomic mass is 35.5. The number of thiocarbonyl (C=S) groups is 1. The minimum Gasteiger partial charge on any atom is -0.496 e. The highest BCUT2D eigenvalue weighted by molar-refractivity contribution is 7.80. The fourth-order valence-electron chi connectivity index (χ4n) is 3.12. The molecule has 1 aromatic heterocycles. The molecule has 3 rings (SSSR count). The minimum atomic E-state index is -0.430. The monoisotopic (exact) mass is 419 g/mol. The van der Waals surface area contributed by atoms with E-state index in [4.69, 9.17) is 28.6 Å². The summed E-state index contributed by atoms with van der Waals surface area (Å²) in [4.78, 5) is 13.8. The molecule has 0 fully saturated rings. The van der Waals surface area contributed by atoms with Crippen molar-refractivity contribution in [2.75, 3.05) is 12.4 Å². The number of benzene rings is 1. The van der Waals surface area contributed by atoms with E-state index in [-0.39, 0.29) is 10.7 Å². The molecule has 1 atom stereocenters. The molecule has 0 spiro atoms. The Kier molecular flexibility index (Phi) is 6.00. The Morgan fingerprint density at radius 1 is 1.48 bits per heavy atom. The topological polar surface area (TPSA) is 74.2 Å². The number of hydrogen-bond acceptors (Lipinski definition) is 5. The number of carbonyl (C=O) groups is 1. The molecule has 5 nitrogen and oxygen atoms in total. The van der Waals surface area contributed by atoms with Crippen LogP contribution in [0.15, 0.2) is 18.2 Å². The number of ether oxygens (including phenoxy) is 1. The van der Waals surface area contributed by atoms with Crippen LogP contribution in [0.25, 0.3) is 0 Å². The van der Waals surface area contributed by atoms with Gasteiger partial charge in [0, 0.05) is 9.90 Å². The van der Waals surface area contributed by atoms with Crippen LogP contribution in [0, 0.1) is 17.2 Å². The molecule has 1 aliphatic rings. The van der Waals surface area contributed by atoms with Gasteiger partial charge in [0.15, 0.2) is 5.11 Å². The summed E-state index contributed by atoms with van der Waals surface area (Å²) in [7, 11) is 1.48. The van der Waals surface area contributed by atoms with E-state index in [1.54, 1.807) is 12.1 Å². The van der Waals surface area contributed by atoms with Crippen LogP contribution in [0.2, 0.25) is 5.02 Å². The summed E-state index contributed by atoms with van der Waals surface area (Å²) >= 11 is 12.8. The van der Waals surface area contributed by atoms with Crippen molar-refractivity contribution >= 4 is 51.2 Å². The molecule has 0 radical (unpaired) electrons.